The molecule has 8 nitrogen and oxygen atoms in total. The molecule has 12 heteroatoms. The third kappa shape index (κ3) is 5.49. The fourth-order valence-electron chi connectivity index (χ4n) is 1.25. The van der Waals surface area contributed by atoms with Crippen molar-refractivity contribution >= 4 is 21.5 Å². The molecule has 0 aliphatic carbocycles. The van der Waals surface area contributed by atoms with Gasteiger partial charge >= 0.3 is 6.18 Å². The van der Waals surface area contributed by atoms with Gasteiger partial charge in [-0.3, -0.25) is 14.3 Å². The number of hydrogen-bond acceptors (Lipinski definition) is 6. The van der Waals surface area contributed by atoms with Gasteiger partial charge in [0, 0.05) is 6.42 Å². The summed E-state index contributed by atoms with van der Waals surface area (Å²) in [5, 5.41) is 6.27. The molecule has 1 rings (SSSR count). The summed E-state index contributed by atoms with van der Waals surface area (Å²) in [6.07, 6.45) is -4.72. The van der Waals surface area contributed by atoms with Gasteiger partial charge in [0.05, 0.1) is 24.2 Å². The Balaban J connectivity index is 2.64. The summed E-state index contributed by atoms with van der Waals surface area (Å²) in [4.78, 5) is 21.3. The predicted molar refractivity (Wildman–Crippen MR) is 62.9 cm³/mol. The van der Waals surface area contributed by atoms with Crippen molar-refractivity contribution in [3.63, 3.8) is 0 Å². The molecule has 0 aromatic carbocycles. The zero-order valence-electron chi connectivity index (χ0n) is 10.5. The van der Waals surface area contributed by atoms with E-state index in [-0.39, 0.29) is 13.0 Å². The molecule has 1 aromatic heterocycles. The first-order valence-corrected chi connectivity index (χ1v) is 7.34. The predicted octanol–water partition coefficient (Wildman–Crippen LogP) is -0.687. The minimum Gasteiger partial charge on any atom is -0.370 e. The lowest BCUT2D eigenvalue weighted by Crippen LogP contribution is -2.23. The normalized spacial score (nSPS) is 12.3. The molecule has 0 aliphatic rings. The van der Waals surface area contributed by atoms with Gasteiger partial charge in [-0.25, -0.2) is 8.42 Å². The summed E-state index contributed by atoms with van der Waals surface area (Å²) in [5.74, 6) is -3.88. The van der Waals surface area contributed by atoms with E-state index in [0.717, 1.165) is 4.68 Å². The molecular weight excluding hydrogens is 317 g/mol. The van der Waals surface area contributed by atoms with Gasteiger partial charge in [-0.2, -0.15) is 13.2 Å². The van der Waals surface area contributed by atoms with Crippen LogP contribution >= 0.6 is 0 Å². The zero-order valence-corrected chi connectivity index (χ0v) is 11.3. The second-order valence-corrected chi connectivity index (χ2v) is 6.37. The van der Waals surface area contributed by atoms with Crippen LogP contribution < -0.4 is 5.73 Å². The van der Waals surface area contributed by atoms with Crippen LogP contribution in [0.2, 0.25) is 0 Å². The summed E-state index contributed by atoms with van der Waals surface area (Å²) in [6, 6.07) is 0. The molecule has 1 amide bonds. The molecule has 0 spiro atoms. The highest BCUT2D eigenvalue weighted by Gasteiger charge is 2.41. The van der Waals surface area contributed by atoms with Crippen molar-refractivity contribution in [2.45, 2.75) is 19.1 Å². The van der Waals surface area contributed by atoms with Gasteiger partial charge in [0.1, 0.15) is 0 Å². The van der Waals surface area contributed by atoms with Crippen LogP contribution in [-0.2, 0) is 21.2 Å². The minimum absolute atomic E-state index is 0.292. The lowest BCUT2D eigenvalue weighted by atomic mass is 10.3. The second kappa shape index (κ2) is 6.20. The van der Waals surface area contributed by atoms with Crippen LogP contribution in [0.1, 0.15) is 16.9 Å². The average Bonchev–Trinajstić information content (AvgIpc) is 2.81. The van der Waals surface area contributed by atoms with E-state index in [2.05, 4.69) is 10.3 Å². The maximum Gasteiger partial charge on any atom is 0.456 e. The van der Waals surface area contributed by atoms with Gasteiger partial charge in [-0.05, 0) is 0 Å². The van der Waals surface area contributed by atoms with E-state index in [1.54, 1.807) is 0 Å². The average molecular weight is 328 g/mol. The number of carbonyl (C=O) groups excluding carboxylic acids is 2. The Morgan fingerprint density at radius 2 is 1.90 bits per heavy atom. The van der Waals surface area contributed by atoms with Crippen molar-refractivity contribution in [3.8, 4) is 0 Å². The van der Waals surface area contributed by atoms with Crippen molar-refractivity contribution in [2.75, 3.05) is 11.5 Å². The van der Waals surface area contributed by atoms with E-state index in [4.69, 9.17) is 5.73 Å². The Kier molecular flexibility index (Phi) is 5.04. The number of rotatable bonds is 7. The van der Waals surface area contributed by atoms with Crippen LogP contribution in [0.3, 0.4) is 0 Å². The van der Waals surface area contributed by atoms with Gasteiger partial charge in [-0.15, -0.1) is 5.10 Å². The van der Waals surface area contributed by atoms with E-state index < -0.39 is 44.9 Å². The van der Waals surface area contributed by atoms with Gasteiger partial charge < -0.3 is 5.73 Å². The first kappa shape index (κ1) is 17.1. The van der Waals surface area contributed by atoms with E-state index in [9.17, 15) is 31.2 Å². The number of ketones is 1. The van der Waals surface area contributed by atoms with Crippen molar-refractivity contribution in [1.82, 2.24) is 15.0 Å². The summed E-state index contributed by atoms with van der Waals surface area (Å²) >= 11 is 0. The Labute approximate surface area is 117 Å². The lowest BCUT2D eigenvalue weighted by molar-refractivity contribution is -0.117. The molecule has 2 N–H and O–H groups in total. The first-order valence-electron chi connectivity index (χ1n) is 5.51. The van der Waals surface area contributed by atoms with E-state index in [1.165, 1.54) is 0 Å². The zero-order chi connectivity index (χ0) is 16.3. The SMILES string of the molecule is NC(=O)CCS(=O)(=O)CCn1cc(C(=O)C(F)(F)F)nn1. The fourth-order valence-corrected chi connectivity index (χ4v) is 2.43. The molecule has 0 fully saturated rings. The maximum atomic E-state index is 12.1. The first-order chi connectivity index (χ1) is 9.51. The Hall–Kier alpha value is -1.98. The minimum atomic E-state index is -5.07. The van der Waals surface area contributed by atoms with Crippen LogP contribution in [0.4, 0.5) is 13.2 Å². The highest BCUT2D eigenvalue weighted by molar-refractivity contribution is 7.91. The van der Waals surface area contributed by atoms with Crippen LogP contribution in [0.5, 0.6) is 0 Å². The van der Waals surface area contributed by atoms with Crippen molar-refractivity contribution in [2.24, 2.45) is 5.73 Å². The van der Waals surface area contributed by atoms with Crippen LogP contribution in [0.25, 0.3) is 0 Å². The standard InChI is InChI=1S/C9H11F3N4O4S/c10-9(11,12)8(18)6-5-16(15-14-6)2-4-21(19,20)3-1-7(13)17/h5H,1-4H2,(H2,13,17). The lowest BCUT2D eigenvalue weighted by Gasteiger charge is -2.02. The van der Waals surface area contributed by atoms with Gasteiger partial charge in [0.15, 0.2) is 15.5 Å². The molecule has 1 heterocycles. The number of nitrogens with zero attached hydrogens (tertiary/aromatic N) is 3. The van der Waals surface area contributed by atoms with Crippen LogP contribution in [-0.4, -0.2) is 52.8 Å². The monoisotopic (exact) mass is 328 g/mol. The van der Waals surface area contributed by atoms with Crippen molar-refractivity contribution in [1.29, 1.82) is 0 Å². The summed E-state index contributed by atoms with van der Waals surface area (Å²) < 4.78 is 60.2. The number of hydrogen-bond donors (Lipinski definition) is 1. The molecule has 0 saturated heterocycles. The highest BCUT2D eigenvalue weighted by Crippen LogP contribution is 2.19. The number of sulfone groups is 1. The van der Waals surface area contributed by atoms with E-state index in [0.29, 0.717) is 6.20 Å². The number of primary amides is 1. The largest absolute Gasteiger partial charge is 0.456 e. The summed E-state index contributed by atoms with van der Waals surface area (Å²) in [7, 11) is -3.61. The Morgan fingerprint density at radius 1 is 1.29 bits per heavy atom. The smallest absolute Gasteiger partial charge is 0.370 e. The molecule has 0 atom stereocenters. The number of aryl methyl sites for hydroxylation is 1. The summed E-state index contributed by atoms with van der Waals surface area (Å²) in [6.45, 7) is -0.292. The Bertz CT molecular complexity index is 638. The number of nitrogens with two attached hydrogens (primary N) is 1. The molecule has 0 saturated carbocycles. The third-order valence-electron chi connectivity index (χ3n) is 2.32. The topological polar surface area (TPSA) is 125 Å². The van der Waals surface area contributed by atoms with Gasteiger partial charge in [-0.1, -0.05) is 5.21 Å². The molecule has 118 valence electrons. The number of Topliss-reactive ketones (excluding diaryl/α,β-unsaturated/α-hetero) is 1. The van der Waals surface area contributed by atoms with Crippen molar-refractivity contribution < 1.29 is 31.2 Å². The number of amides is 1. The number of alkyl halides is 3. The molecule has 0 aliphatic heterocycles. The van der Waals surface area contributed by atoms with Crippen LogP contribution in [0, 0.1) is 0 Å². The number of aromatic nitrogens is 3. The van der Waals surface area contributed by atoms with Gasteiger partial charge in [0.25, 0.3) is 5.78 Å². The molecule has 1 aromatic rings. The molecule has 21 heavy (non-hydrogen) atoms. The maximum absolute atomic E-state index is 12.1. The number of carbonyl (C=O) groups is 2. The van der Waals surface area contributed by atoms with Gasteiger partial charge in [0.2, 0.25) is 5.91 Å². The van der Waals surface area contributed by atoms with Crippen molar-refractivity contribution in [3.05, 3.63) is 11.9 Å². The van der Waals surface area contributed by atoms with Crippen LogP contribution in [0.15, 0.2) is 6.20 Å². The number of halogens is 3. The molecular formula is C9H11F3N4O4S. The quantitative estimate of drug-likeness (QED) is 0.661. The van der Waals surface area contributed by atoms with E-state index >= 15 is 0 Å². The highest BCUT2D eigenvalue weighted by atomic mass is 32.2. The third-order valence-corrected chi connectivity index (χ3v) is 3.95. The molecule has 0 bridgehead atoms. The molecule has 0 radical (unpaired) electrons. The fraction of sp³-hybridized carbons (Fsp3) is 0.556. The van der Waals surface area contributed by atoms with E-state index in [1.807, 2.05) is 0 Å². The molecule has 0 unspecified atom stereocenters. The Morgan fingerprint density at radius 3 is 2.43 bits per heavy atom. The second-order valence-electron chi connectivity index (χ2n) is 4.06. The summed E-state index contributed by atoms with van der Waals surface area (Å²) in [5.41, 5.74) is 3.89.